The van der Waals surface area contributed by atoms with Crippen molar-refractivity contribution in [3.05, 3.63) is 106 Å². The number of benzene rings is 2. The molecule has 2 atom stereocenters. The van der Waals surface area contributed by atoms with Crippen LogP contribution in [0.1, 0.15) is 41.9 Å². The number of fused-ring (bicyclic) bond motifs is 1. The minimum Gasteiger partial charge on any atom is -0.379 e. The summed E-state index contributed by atoms with van der Waals surface area (Å²) in [7, 11) is 0. The number of hydrogen-bond acceptors (Lipinski definition) is 6. The summed E-state index contributed by atoms with van der Waals surface area (Å²) in [6.45, 7) is 5.87. The molecule has 0 aliphatic carbocycles. The zero-order valence-electron chi connectivity index (χ0n) is 23.5. The molecule has 0 bridgehead atoms. The Labute approximate surface area is 240 Å². The number of piperidine rings is 2. The van der Waals surface area contributed by atoms with Crippen LogP contribution in [0.4, 0.5) is 0 Å². The van der Waals surface area contributed by atoms with E-state index in [9.17, 15) is 14.7 Å². The highest BCUT2D eigenvalue weighted by Gasteiger charge is 2.50. The highest BCUT2D eigenvalue weighted by molar-refractivity contribution is 5.86. The van der Waals surface area contributed by atoms with Crippen LogP contribution in [0.5, 0.6) is 0 Å². The van der Waals surface area contributed by atoms with Crippen molar-refractivity contribution in [1.82, 2.24) is 24.3 Å². The number of aromatic nitrogens is 3. The number of aryl methyl sites for hydroxylation is 1. The lowest BCUT2D eigenvalue weighted by molar-refractivity contribution is -0.161. The summed E-state index contributed by atoms with van der Waals surface area (Å²) in [6.07, 6.45) is 5.14. The first-order valence-corrected chi connectivity index (χ1v) is 14.6. The van der Waals surface area contributed by atoms with Gasteiger partial charge in [0.05, 0.1) is 11.8 Å². The van der Waals surface area contributed by atoms with E-state index in [0.29, 0.717) is 50.2 Å². The van der Waals surface area contributed by atoms with Gasteiger partial charge in [0.25, 0.3) is 11.5 Å². The predicted octanol–water partition coefficient (Wildman–Crippen LogP) is 3.76. The molecule has 0 spiro atoms. The summed E-state index contributed by atoms with van der Waals surface area (Å²) < 4.78 is 1.64. The normalized spacial score (nSPS) is 22.2. The summed E-state index contributed by atoms with van der Waals surface area (Å²) in [6, 6.07) is 21.9. The van der Waals surface area contributed by atoms with E-state index in [0.717, 1.165) is 24.9 Å². The second-order valence-corrected chi connectivity index (χ2v) is 11.6. The SMILES string of the molecule is Cc1ccccc1CN1CC[C@](O)(C(=O)N2CCC(Cn3cnc4cccnc4c3=O)CC2)[C@H](c2ccccc2)C1. The molecule has 4 heterocycles. The number of nitrogens with zero attached hydrogens (tertiary/aromatic N) is 5. The first kappa shape index (κ1) is 27.3. The molecule has 212 valence electrons. The van der Waals surface area contributed by atoms with Gasteiger partial charge in [-0.2, -0.15) is 0 Å². The predicted molar refractivity (Wildman–Crippen MR) is 158 cm³/mol. The lowest BCUT2D eigenvalue weighted by atomic mass is 9.75. The maximum absolute atomic E-state index is 14.0. The van der Waals surface area contributed by atoms with E-state index in [1.54, 1.807) is 29.2 Å². The molecule has 2 saturated heterocycles. The average molecular weight is 552 g/mol. The molecule has 1 N–H and O–H groups in total. The molecule has 41 heavy (non-hydrogen) atoms. The second kappa shape index (κ2) is 11.5. The Bertz CT molecular complexity index is 1580. The Morgan fingerprint density at radius 1 is 0.976 bits per heavy atom. The molecule has 8 heteroatoms. The van der Waals surface area contributed by atoms with Gasteiger partial charge in [-0.25, -0.2) is 9.97 Å². The van der Waals surface area contributed by atoms with Gasteiger partial charge < -0.3 is 10.0 Å². The second-order valence-electron chi connectivity index (χ2n) is 11.6. The Morgan fingerprint density at radius 2 is 1.73 bits per heavy atom. The number of pyridine rings is 1. The van der Waals surface area contributed by atoms with Gasteiger partial charge in [-0.05, 0) is 60.9 Å². The molecule has 2 aromatic heterocycles. The van der Waals surface area contributed by atoms with E-state index in [-0.39, 0.29) is 23.3 Å². The molecular formula is C33H37N5O3. The van der Waals surface area contributed by atoms with Gasteiger partial charge in [-0.15, -0.1) is 0 Å². The monoisotopic (exact) mass is 551 g/mol. The third kappa shape index (κ3) is 5.54. The van der Waals surface area contributed by atoms with E-state index < -0.39 is 5.60 Å². The quantitative estimate of drug-likeness (QED) is 0.393. The van der Waals surface area contributed by atoms with Crippen molar-refractivity contribution in [2.75, 3.05) is 26.2 Å². The van der Waals surface area contributed by atoms with Crippen molar-refractivity contribution in [3.63, 3.8) is 0 Å². The van der Waals surface area contributed by atoms with Crippen LogP contribution in [-0.4, -0.2) is 67.1 Å². The summed E-state index contributed by atoms with van der Waals surface area (Å²) in [5.41, 5.74) is 2.90. The average Bonchev–Trinajstić information content (AvgIpc) is 3.01. The van der Waals surface area contributed by atoms with Crippen molar-refractivity contribution < 1.29 is 9.90 Å². The fraction of sp³-hybridized carbons (Fsp3) is 0.394. The lowest BCUT2D eigenvalue weighted by Crippen LogP contribution is -2.60. The van der Waals surface area contributed by atoms with Crippen LogP contribution in [0, 0.1) is 12.8 Å². The number of aliphatic hydroxyl groups is 1. The van der Waals surface area contributed by atoms with Gasteiger partial charge in [-0.3, -0.25) is 19.1 Å². The van der Waals surface area contributed by atoms with Crippen molar-refractivity contribution in [3.8, 4) is 0 Å². The van der Waals surface area contributed by atoms with Gasteiger partial charge >= 0.3 is 0 Å². The fourth-order valence-corrected chi connectivity index (χ4v) is 6.48. The van der Waals surface area contributed by atoms with Crippen LogP contribution < -0.4 is 5.56 Å². The summed E-state index contributed by atoms with van der Waals surface area (Å²) in [5.74, 6) is -0.245. The topological polar surface area (TPSA) is 91.6 Å². The Morgan fingerprint density at radius 3 is 2.51 bits per heavy atom. The highest BCUT2D eigenvalue weighted by atomic mass is 16.3. The highest BCUT2D eigenvalue weighted by Crippen LogP contribution is 2.39. The molecule has 8 nitrogen and oxygen atoms in total. The van der Waals surface area contributed by atoms with E-state index in [2.05, 4.69) is 46.1 Å². The molecular weight excluding hydrogens is 514 g/mol. The minimum atomic E-state index is -1.46. The van der Waals surface area contributed by atoms with Gasteiger partial charge in [0, 0.05) is 51.4 Å². The van der Waals surface area contributed by atoms with Crippen molar-refractivity contribution >= 4 is 16.9 Å². The van der Waals surface area contributed by atoms with Crippen molar-refractivity contribution in [2.45, 2.75) is 50.8 Å². The van der Waals surface area contributed by atoms with E-state index in [4.69, 9.17) is 0 Å². The number of rotatable bonds is 6. The maximum atomic E-state index is 14.0. The van der Waals surface area contributed by atoms with Gasteiger partial charge in [-0.1, -0.05) is 54.6 Å². The minimum absolute atomic E-state index is 0.133. The van der Waals surface area contributed by atoms with Crippen molar-refractivity contribution in [1.29, 1.82) is 0 Å². The zero-order chi connectivity index (χ0) is 28.4. The van der Waals surface area contributed by atoms with E-state index in [1.165, 1.54) is 11.1 Å². The lowest BCUT2D eigenvalue weighted by Gasteiger charge is -2.46. The Hall–Kier alpha value is -3.88. The zero-order valence-corrected chi connectivity index (χ0v) is 23.5. The molecule has 2 fully saturated rings. The number of likely N-dealkylation sites (tertiary alicyclic amines) is 2. The number of carbonyl (C=O) groups excluding carboxylic acids is 1. The van der Waals surface area contributed by atoms with Crippen LogP contribution in [0.2, 0.25) is 0 Å². The van der Waals surface area contributed by atoms with Gasteiger partial charge in [0.15, 0.2) is 11.1 Å². The molecule has 2 aliphatic rings. The van der Waals surface area contributed by atoms with E-state index >= 15 is 0 Å². The Balaban J connectivity index is 1.15. The molecule has 6 rings (SSSR count). The molecule has 1 amide bonds. The van der Waals surface area contributed by atoms with Crippen molar-refractivity contribution in [2.24, 2.45) is 5.92 Å². The third-order valence-electron chi connectivity index (χ3n) is 9.00. The summed E-state index contributed by atoms with van der Waals surface area (Å²) in [5, 5.41) is 12.1. The van der Waals surface area contributed by atoms with Gasteiger partial charge in [0.2, 0.25) is 0 Å². The van der Waals surface area contributed by atoms with Crippen LogP contribution >= 0.6 is 0 Å². The molecule has 2 aromatic carbocycles. The number of amides is 1. The number of hydrogen-bond donors (Lipinski definition) is 1. The van der Waals surface area contributed by atoms with Crippen LogP contribution in [0.25, 0.3) is 11.0 Å². The van der Waals surface area contributed by atoms with Crippen LogP contribution in [0.15, 0.2) is 84.0 Å². The largest absolute Gasteiger partial charge is 0.379 e. The standard InChI is InChI=1S/C33H37N5O3/c1-24-8-5-6-11-27(24)21-36-19-15-33(41,28(22-36)26-9-3-2-4-10-26)32(40)37-17-13-25(14-18-37)20-38-23-35-29-12-7-16-34-30(29)31(38)39/h2-12,16,23,25,28,41H,13-15,17-22H2,1H3/t28-,33+/m0/s1. The first-order chi connectivity index (χ1) is 19.9. The molecule has 0 radical (unpaired) electrons. The molecule has 0 unspecified atom stereocenters. The van der Waals surface area contributed by atoms with E-state index in [1.807, 2.05) is 35.2 Å². The smallest absolute Gasteiger partial charge is 0.279 e. The number of carbonyl (C=O) groups is 1. The van der Waals surface area contributed by atoms with Gasteiger partial charge in [0.1, 0.15) is 0 Å². The Kier molecular flexibility index (Phi) is 7.69. The molecule has 0 saturated carbocycles. The third-order valence-corrected chi connectivity index (χ3v) is 9.00. The molecule has 4 aromatic rings. The van der Waals surface area contributed by atoms with Crippen LogP contribution in [-0.2, 0) is 17.9 Å². The summed E-state index contributed by atoms with van der Waals surface area (Å²) >= 11 is 0. The van der Waals surface area contributed by atoms with Crippen LogP contribution in [0.3, 0.4) is 0 Å². The molecule has 2 aliphatic heterocycles. The maximum Gasteiger partial charge on any atom is 0.279 e. The fourth-order valence-electron chi connectivity index (χ4n) is 6.48. The summed E-state index contributed by atoms with van der Waals surface area (Å²) in [4.78, 5) is 39.7. The first-order valence-electron chi connectivity index (χ1n) is 14.6.